The minimum atomic E-state index is 0.309. The average Bonchev–Trinajstić information content (AvgIpc) is 3.05. The second-order valence-corrected chi connectivity index (χ2v) is 3.50. The minimum absolute atomic E-state index is 0.309. The maximum atomic E-state index is 8.79. The average molecular weight is 204 g/mol. The molecule has 0 bridgehead atoms. The van der Waals surface area contributed by atoms with Crippen molar-refractivity contribution in [1.82, 2.24) is 4.98 Å². The monoisotopic (exact) mass is 204 g/mol. The van der Waals surface area contributed by atoms with Crippen LogP contribution in [0.2, 0.25) is 0 Å². The van der Waals surface area contributed by atoms with Crippen molar-refractivity contribution in [3.8, 4) is 11.8 Å². The number of nitriles is 1. The van der Waals surface area contributed by atoms with E-state index in [2.05, 4.69) is 10.3 Å². The first-order chi connectivity index (χ1) is 7.24. The van der Waals surface area contributed by atoms with Gasteiger partial charge in [-0.25, -0.2) is 4.98 Å². The highest BCUT2D eigenvalue weighted by Crippen LogP contribution is 2.32. The van der Waals surface area contributed by atoms with E-state index < -0.39 is 0 Å². The normalized spacial score (nSPS) is 14.4. The number of rotatable bonds is 3. The Bertz CT molecular complexity index is 420. The van der Waals surface area contributed by atoms with Gasteiger partial charge in [0.15, 0.2) is 5.82 Å². The molecule has 15 heavy (non-hydrogen) atoms. The quantitative estimate of drug-likeness (QED) is 0.770. The molecule has 78 valence electrons. The molecule has 5 heteroatoms. The molecule has 0 aromatic carbocycles. The van der Waals surface area contributed by atoms with Crippen LogP contribution in [0, 0.1) is 11.3 Å². The van der Waals surface area contributed by atoms with Gasteiger partial charge in [-0.3, -0.25) is 0 Å². The van der Waals surface area contributed by atoms with E-state index in [9.17, 15) is 0 Å². The molecular weight excluding hydrogens is 192 g/mol. The van der Waals surface area contributed by atoms with Crippen LogP contribution in [0.3, 0.4) is 0 Å². The number of anilines is 2. The predicted molar refractivity (Wildman–Crippen MR) is 56.6 cm³/mol. The molecule has 1 saturated carbocycles. The van der Waals surface area contributed by atoms with Crippen LogP contribution in [0.1, 0.15) is 18.5 Å². The number of nitrogens with two attached hydrogens (primary N) is 1. The molecule has 1 aromatic rings. The van der Waals surface area contributed by atoms with E-state index in [1.807, 2.05) is 6.07 Å². The molecular formula is C10H12N4O. The molecule has 1 fully saturated rings. The van der Waals surface area contributed by atoms with Gasteiger partial charge < -0.3 is 15.8 Å². The third kappa shape index (κ3) is 1.94. The first-order valence-corrected chi connectivity index (χ1v) is 4.75. The molecule has 5 nitrogen and oxygen atoms in total. The van der Waals surface area contributed by atoms with Gasteiger partial charge in [0.25, 0.3) is 0 Å². The van der Waals surface area contributed by atoms with Gasteiger partial charge in [0.05, 0.1) is 7.11 Å². The lowest BCUT2D eigenvalue weighted by atomic mass is 10.3. The van der Waals surface area contributed by atoms with Gasteiger partial charge in [0.2, 0.25) is 0 Å². The Kier molecular flexibility index (Phi) is 2.34. The number of ether oxygens (including phenoxy) is 1. The zero-order valence-corrected chi connectivity index (χ0v) is 8.45. The summed E-state index contributed by atoms with van der Waals surface area (Å²) in [5.74, 6) is 1.04. The summed E-state index contributed by atoms with van der Waals surface area (Å²) in [6.45, 7) is 0. The van der Waals surface area contributed by atoms with Crippen LogP contribution in [-0.2, 0) is 0 Å². The summed E-state index contributed by atoms with van der Waals surface area (Å²) in [4.78, 5) is 4.10. The molecule has 0 amide bonds. The highest BCUT2D eigenvalue weighted by Gasteiger charge is 2.23. The van der Waals surface area contributed by atoms with Gasteiger partial charge in [-0.2, -0.15) is 5.26 Å². The number of hydrogen-bond donors (Lipinski definition) is 2. The number of nitrogens with one attached hydrogen (secondary N) is 1. The van der Waals surface area contributed by atoms with E-state index in [-0.39, 0.29) is 0 Å². The smallest absolute Gasteiger partial charge is 0.154 e. The molecule has 1 heterocycles. The third-order valence-corrected chi connectivity index (χ3v) is 2.27. The standard InChI is InChI=1S/C10H12N4O/c1-15-8-4-7(5-11)14-10(9(8)12)13-6-2-3-6/h4,6H,2-3,12H2,1H3,(H,13,14). The fraction of sp³-hybridized carbons (Fsp3) is 0.400. The van der Waals surface area contributed by atoms with Crippen molar-refractivity contribution < 1.29 is 4.74 Å². The van der Waals surface area contributed by atoms with Crippen molar-refractivity contribution in [3.05, 3.63) is 11.8 Å². The van der Waals surface area contributed by atoms with E-state index >= 15 is 0 Å². The maximum Gasteiger partial charge on any atom is 0.154 e. The Morgan fingerprint density at radius 1 is 1.67 bits per heavy atom. The van der Waals surface area contributed by atoms with Crippen LogP contribution in [0.15, 0.2) is 6.07 Å². The van der Waals surface area contributed by atoms with Crippen molar-refractivity contribution in [2.45, 2.75) is 18.9 Å². The van der Waals surface area contributed by atoms with Crippen LogP contribution in [0.5, 0.6) is 5.75 Å². The Morgan fingerprint density at radius 2 is 2.40 bits per heavy atom. The first-order valence-electron chi connectivity index (χ1n) is 4.75. The topological polar surface area (TPSA) is 84.0 Å². The van der Waals surface area contributed by atoms with Crippen molar-refractivity contribution in [2.75, 3.05) is 18.2 Å². The third-order valence-electron chi connectivity index (χ3n) is 2.27. The van der Waals surface area contributed by atoms with E-state index in [4.69, 9.17) is 15.7 Å². The van der Waals surface area contributed by atoms with Crippen LogP contribution in [-0.4, -0.2) is 18.1 Å². The van der Waals surface area contributed by atoms with E-state index in [0.717, 1.165) is 12.8 Å². The van der Waals surface area contributed by atoms with Crippen molar-refractivity contribution in [1.29, 1.82) is 5.26 Å². The van der Waals surface area contributed by atoms with Crippen LogP contribution >= 0.6 is 0 Å². The Labute approximate surface area is 87.9 Å². The Balaban J connectivity index is 2.37. The van der Waals surface area contributed by atoms with Crippen LogP contribution < -0.4 is 15.8 Å². The highest BCUT2D eigenvalue weighted by atomic mass is 16.5. The molecule has 0 unspecified atom stereocenters. The SMILES string of the molecule is COc1cc(C#N)nc(NC2CC2)c1N. The second-order valence-electron chi connectivity index (χ2n) is 3.50. The molecule has 1 aromatic heterocycles. The second kappa shape index (κ2) is 3.65. The Morgan fingerprint density at radius 3 is 2.93 bits per heavy atom. The summed E-state index contributed by atoms with van der Waals surface area (Å²) < 4.78 is 5.07. The summed E-state index contributed by atoms with van der Waals surface area (Å²) in [5, 5.41) is 12.0. The number of pyridine rings is 1. The van der Waals surface area contributed by atoms with Crippen molar-refractivity contribution in [2.24, 2.45) is 0 Å². The van der Waals surface area contributed by atoms with E-state index in [0.29, 0.717) is 29.0 Å². The fourth-order valence-electron chi connectivity index (χ4n) is 1.29. The van der Waals surface area contributed by atoms with Gasteiger partial charge in [-0.05, 0) is 12.8 Å². The van der Waals surface area contributed by atoms with Gasteiger partial charge in [0, 0.05) is 12.1 Å². The molecule has 0 radical (unpaired) electrons. The summed E-state index contributed by atoms with van der Waals surface area (Å²) in [6.07, 6.45) is 2.25. The number of nitrogens with zero attached hydrogens (tertiary/aromatic N) is 2. The number of hydrogen-bond acceptors (Lipinski definition) is 5. The molecule has 3 N–H and O–H groups in total. The molecule has 0 aliphatic heterocycles. The molecule has 1 aliphatic rings. The Hall–Kier alpha value is -1.96. The first kappa shape index (κ1) is 9.59. The summed E-state index contributed by atoms with van der Waals surface area (Å²) in [6, 6.07) is 3.95. The summed E-state index contributed by atoms with van der Waals surface area (Å²) >= 11 is 0. The minimum Gasteiger partial charge on any atom is -0.494 e. The molecule has 0 spiro atoms. The van der Waals surface area contributed by atoms with E-state index in [1.165, 1.54) is 13.2 Å². The highest BCUT2D eigenvalue weighted by molar-refractivity contribution is 5.70. The van der Waals surface area contributed by atoms with Crippen LogP contribution in [0.25, 0.3) is 0 Å². The van der Waals surface area contributed by atoms with Gasteiger partial charge in [0.1, 0.15) is 23.2 Å². The van der Waals surface area contributed by atoms with Gasteiger partial charge >= 0.3 is 0 Å². The van der Waals surface area contributed by atoms with Gasteiger partial charge in [-0.15, -0.1) is 0 Å². The lowest BCUT2D eigenvalue weighted by Crippen LogP contribution is -2.08. The lowest BCUT2D eigenvalue weighted by molar-refractivity contribution is 0.416. The zero-order valence-electron chi connectivity index (χ0n) is 8.45. The molecule has 0 saturated heterocycles. The predicted octanol–water partition coefficient (Wildman–Crippen LogP) is 1.12. The molecule has 2 rings (SSSR count). The number of nitrogen functional groups attached to an aromatic ring is 1. The summed E-state index contributed by atoms with van der Waals surface area (Å²) in [7, 11) is 1.52. The molecule has 0 atom stereocenters. The van der Waals surface area contributed by atoms with E-state index in [1.54, 1.807) is 0 Å². The van der Waals surface area contributed by atoms with Crippen molar-refractivity contribution in [3.63, 3.8) is 0 Å². The zero-order chi connectivity index (χ0) is 10.8. The lowest BCUT2D eigenvalue weighted by Gasteiger charge is -2.10. The largest absolute Gasteiger partial charge is 0.494 e. The van der Waals surface area contributed by atoms with Crippen LogP contribution in [0.4, 0.5) is 11.5 Å². The fourth-order valence-corrected chi connectivity index (χ4v) is 1.29. The van der Waals surface area contributed by atoms with Gasteiger partial charge in [-0.1, -0.05) is 0 Å². The number of aromatic nitrogens is 1. The number of methoxy groups -OCH3 is 1. The molecule has 1 aliphatic carbocycles. The summed E-state index contributed by atoms with van der Waals surface area (Å²) in [5.41, 5.74) is 6.61. The maximum absolute atomic E-state index is 8.79. The van der Waals surface area contributed by atoms with Crippen molar-refractivity contribution >= 4 is 11.5 Å².